The number of benzene rings is 1. The molecule has 3 rings (SSSR count). The van der Waals surface area contributed by atoms with E-state index in [1.807, 2.05) is 11.8 Å². The van der Waals surface area contributed by atoms with Gasteiger partial charge in [0.2, 0.25) is 5.88 Å². The highest BCUT2D eigenvalue weighted by Crippen LogP contribution is 2.24. The zero-order chi connectivity index (χ0) is 21.5. The Hall–Kier alpha value is -3.43. The van der Waals surface area contributed by atoms with Crippen molar-refractivity contribution in [1.82, 2.24) is 20.2 Å². The minimum Gasteiger partial charge on any atom is -0.465 e. The molecule has 160 valence electrons. The van der Waals surface area contributed by atoms with Crippen molar-refractivity contribution in [2.45, 2.75) is 19.9 Å². The number of nitrogens with one attached hydrogen (secondary N) is 1. The third-order valence-electron chi connectivity index (χ3n) is 4.55. The topological polar surface area (TPSA) is 96.9 Å². The van der Waals surface area contributed by atoms with Crippen LogP contribution in [0.2, 0.25) is 0 Å². The van der Waals surface area contributed by atoms with Crippen LogP contribution in [0.15, 0.2) is 36.7 Å². The first kappa shape index (κ1) is 21.3. The largest absolute Gasteiger partial charge is 0.465 e. The van der Waals surface area contributed by atoms with Crippen LogP contribution in [0.5, 0.6) is 11.6 Å². The fourth-order valence-corrected chi connectivity index (χ4v) is 3.14. The summed E-state index contributed by atoms with van der Waals surface area (Å²) >= 11 is 0. The van der Waals surface area contributed by atoms with E-state index in [4.69, 9.17) is 9.47 Å². The van der Waals surface area contributed by atoms with Crippen molar-refractivity contribution >= 4 is 17.8 Å². The maximum atomic E-state index is 13.3. The first-order chi connectivity index (χ1) is 14.5. The average Bonchev–Trinajstić information content (AvgIpc) is 2.72. The Bertz CT molecular complexity index is 897. The first-order valence-corrected chi connectivity index (χ1v) is 9.66. The second-order valence-corrected chi connectivity index (χ2v) is 6.73. The highest BCUT2D eigenvalue weighted by molar-refractivity contribution is 5.81. The van der Waals surface area contributed by atoms with E-state index >= 15 is 0 Å². The van der Waals surface area contributed by atoms with Crippen molar-refractivity contribution < 1.29 is 23.5 Å². The van der Waals surface area contributed by atoms with Gasteiger partial charge in [-0.2, -0.15) is 0 Å². The van der Waals surface area contributed by atoms with Gasteiger partial charge in [0, 0.05) is 37.8 Å². The van der Waals surface area contributed by atoms with Gasteiger partial charge in [0.25, 0.3) is 0 Å². The molecule has 1 fully saturated rings. The Kier molecular flexibility index (Phi) is 6.99. The molecule has 1 unspecified atom stereocenters. The molecule has 0 radical (unpaired) electrons. The Morgan fingerprint density at radius 1 is 1.27 bits per heavy atom. The average molecular weight is 417 g/mol. The van der Waals surface area contributed by atoms with E-state index in [1.165, 1.54) is 18.5 Å². The molecular formula is C20H24FN5O4. The number of ether oxygens (including phenoxy) is 2. The van der Waals surface area contributed by atoms with Gasteiger partial charge in [0.1, 0.15) is 30.3 Å². The van der Waals surface area contributed by atoms with Crippen molar-refractivity contribution in [1.29, 1.82) is 0 Å². The molecule has 0 saturated carbocycles. The fourth-order valence-electron chi connectivity index (χ4n) is 3.14. The molecule has 1 aliphatic heterocycles. The second kappa shape index (κ2) is 9.86. The summed E-state index contributed by atoms with van der Waals surface area (Å²) in [6, 6.07) is 7.06. The standard InChI is InChI=1S/C20H24FN5O4/c1-3-29-19(27)11-22-20(28)26-8-7-25(12-14(26)2)17-10-18(24-13-23-17)30-16-6-4-5-15(21)9-16/h4-6,9-10,13-14H,3,7-8,11-12H2,1-2H3,(H,22,28). The zero-order valence-corrected chi connectivity index (χ0v) is 16.9. The molecule has 1 atom stereocenters. The third-order valence-corrected chi connectivity index (χ3v) is 4.55. The summed E-state index contributed by atoms with van der Waals surface area (Å²) in [4.78, 5) is 35.8. The lowest BCUT2D eigenvalue weighted by Gasteiger charge is -2.40. The summed E-state index contributed by atoms with van der Waals surface area (Å²) in [6.07, 6.45) is 1.38. The summed E-state index contributed by atoms with van der Waals surface area (Å²) in [5.74, 6) is 0.427. The Labute approximate surface area is 173 Å². The number of carbonyl (C=O) groups is 2. The summed E-state index contributed by atoms with van der Waals surface area (Å²) in [6.45, 7) is 5.29. The summed E-state index contributed by atoms with van der Waals surface area (Å²) in [5, 5.41) is 2.58. The second-order valence-electron chi connectivity index (χ2n) is 6.73. The van der Waals surface area contributed by atoms with Gasteiger partial charge >= 0.3 is 12.0 Å². The number of amides is 2. The minimum atomic E-state index is -0.469. The van der Waals surface area contributed by atoms with Crippen molar-refractivity contribution in [3.05, 3.63) is 42.5 Å². The van der Waals surface area contributed by atoms with Crippen LogP contribution in [0.4, 0.5) is 15.0 Å². The number of hydrogen-bond acceptors (Lipinski definition) is 7. The zero-order valence-electron chi connectivity index (χ0n) is 16.9. The number of esters is 1. The van der Waals surface area contributed by atoms with E-state index in [2.05, 4.69) is 15.3 Å². The van der Waals surface area contributed by atoms with Gasteiger partial charge in [-0.3, -0.25) is 4.79 Å². The molecule has 1 N–H and O–H groups in total. The van der Waals surface area contributed by atoms with E-state index in [-0.39, 0.29) is 25.2 Å². The number of anilines is 1. The molecule has 1 saturated heterocycles. The monoisotopic (exact) mass is 417 g/mol. The van der Waals surface area contributed by atoms with Crippen LogP contribution in [-0.4, -0.2) is 65.7 Å². The predicted octanol–water partition coefficient (Wildman–Crippen LogP) is 2.19. The van der Waals surface area contributed by atoms with Gasteiger partial charge in [-0.1, -0.05) is 6.07 Å². The van der Waals surface area contributed by atoms with Crippen LogP contribution < -0.4 is 15.0 Å². The quantitative estimate of drug-likeness (QED) is 0.720. The summed E-state index contributed by atoms with van der Waals surface area (Å²) < 4.78 is 23.8. The highest BCUT2D eigenvalue weighted by Gasteiger charge is 2.28. The molecule has 30 heavy (non-hydrogen) atoms. The van der Waals surface area contributed by atoms with Gasteiger partial charge in [-0.25, -0.2) is 19.2 Å². The Morgan fingerprint density at radius 2 is 2.10 bits per heavy atom. The number of aromatic nitrogens is 2. The van der Waals surface area contributed by atoms with Crippen LogP contribution in [0.1, 0.15) is 13.8 Å². The molecule has 0 spiro atoms. The molecule has 2 amide bonds. The molecule has 0 aliphatic carbocycles. The van der Waals surface area contributed by atoms with Crippen molar-refractivity contribution in [3.63, 3.8) is 0 Å². The van der Waals surface area contributed by atoms with E-state index in [0.717, 1.165) is 0 Å². The van der Waals surface area contributed by atoms with E-state index in [9.17, 15) is 14.0 Å². The van der Waals surface area contributed by atoms with Gasteiger partial charge in [0.05, 0.1) is 6.61 Å². The SMILES string of the molecule is CCOC(=O)CNC(=O)N1CCN(c2cc(Oc3cccc(F)c3)ncn2)CC1C. The number of carbonyl (C=O) groups excluding carboxylic acids is 2. The van der Waals surface area contributed by atoms with Crippen LogP contribution in [0, 0.1) is 5.82 Å². The lowest BCUT2D eigenvalue weighted by Crippen LogP contribution is -2.57. The number of urea groups is 1. The molecule has 2 heterocycles. The van der Waals surface area contributed by atoms with Crippen molar-refractivity contribution in [2.24, 2.45) is 0 Å². The van der Waals surface area contributed by atoms with Crippen molar-refractivity contribution in [3.8, 4) is 11.6 Å². The number of rotatable bonds is 6. The minimum absolute atomic E-state index is 0.108. The first-order valence-electron chi connectivity index (χ1n) is 9.66. The Balaban J connectivity index is 1.58. The summed E-state index contributed by atoms with van der Waals surface area (Å²) in [5.41, 5.74) is 0. The van der Waals surface area contributed by atoms with Crippen LogP contribution in [-0.2, 0) is 9.53 Å². The normalized spacial score (nSPS) is 16.2. The van der Waals surface area contributed by atoms with Crippen LogP contribution in [0.25, 0.3) is 0 Å². The summed E-state index contributed by atoms with van der Waals surface area (Å²) in [7, 11) is 0. The van der Waals surface area contributed by atoms with Crippen LogP contribution in [0.3, 0.4) is 0 Å². The van der Waals surface area contributed by atoms with E-state index < -0.39 is 11.8 Å². The molecule has 2 aromatic rings. The van der Waals surface area contributed by atoms with E-state index in [0.29, 0.717) is 37.1 Å². The number of halogens is 1. The molecule has 9 nitrogen and oxygen atoms in total. The van der Waals surface area contributed by atoms with Gasteiger partial charge in [-0.05, 0) is 26.0 Å². The van der Waals surface area contributed by atoms with Gasteiger partial charge in [-0.15, -0.1) is 0 Å². The highest BCUT2D eigenvalue weighted by atomic mass is 19.1. The maximum Gasteiger partial charge on any atom is 0.325 e. The predicted molar refractivity (Wildman–Crippen MR) is 107 cm³/mol. The van der Waals surface area contributed by atoms with Crippen molar-refractivity contribution in [2.75, 3.05) is 37.7 Å². The third kappa shape index (κ3) is 5.56. The van der Waals surface area contributed by atoms with Crippen LogP contribution >= 0.6 is 0 Å². The molecule has 1 aliphatic rings. The Morgan fingerprint density at radius 3 is 2.83 bits per heavy atom. The molecule has 1 aromatic heterocycles. The lowest BCUT2D eigenvalue weighted by molar-refractivity contribution is -0.141. The maximum absolute atomic E-state index is 13.3. The van der Waals surface area contributed by atoms with E-state index in [1.54, 1.807) is 30.0 Å². The number of hydrogen-bond donors (Lipinski definition) is 1. The van der Waals surface area contributed by atoms with Gasteiger partial charge in [0.15, 0.2) is 0 Å². The molecule has 1 aromatic carbocycles. The van der Waals surface area contributed by atoms with Gasteiger partial charge < -0.3 is 24.6 Å². The number of piperazine rings is 1. The fraction of sp³-hybridized carbons (Fsp3) is 0.400. The number of nitrogens with zero attached hydrogens (tertiary/aromatic N) is 4. The smallest absolute Gasteiger partial charge is 0.325 e. The molecule has 10 heteroatoms. The lowest BCUT2D eigenvalue weighted by atomic mass is 10.2. The molecule has 0 bridgehead atoms. The molecular weight excluding hydrogens is 393 g/mol.